The number of carbonyl (C=O) groups excluding carboxylic acids is 1. The van der Waals surface area contributed by atoms with Gasteiger partial charge in [-0.05, 0) is 100 Å². The molecule has 3 rings (SSSR count). The predicted molar refractivity (Wildman–Crippen MR) is 205 cm³/mol. The first kappa shape index (κ1) is 44.4. The maximum atomic E-state index is 11.6. The molecule has 0 aromatic heterocycles. The quantitative estimate of drug-likeness (QED) is 0.189. The molecule has 3 aromatic rings. The van der Waals surface area contributed by atoms with Crippen LogP contribution in [0, 0.1) is 26.2 Å². The van der Waals surface area contributed by atoms with Crippen LogP contribution in [0.25, 0.3) is 5.57 Å². The zero-order chi connectivity index (χ0) is 35.7. The van der Waals surface area contributed by atoms with Gasteiger partial charge in [0.25, 0.3) is 0 Å². The molecule has 5 heteroatoms. The second-order valence-electron chi connectivity index (χ2n) is 11.0. The van der Waals surface area contributed by atoms with Gasteiger partial charge in [-0.15, -0.1) is 0 Å². The van der Waals surface area contributed by atoms with Crippen LogP contribution in [0.1, 0.15) is 101 Å². The number of allylic oxidation sites excluding steroid dienone is 5. The van der Waals surface area contributed by atoms with Crippen LogP contribution < -0.4 is 5.32 Å². The van der Waals surface area contributed by atoms with Gasteiger partial charge < -0.3 is 10.7 Å². The topological polar surface area (TPSA) is 53.0 Å². The van der Waals surface area contributed by atoms with Crippen molar-refractivity contribution in [2.75, 3.05) is 0 Å². The van der Waals surface area contributed by atoms with E-state index in [4.69, 9.17) is 5.41 Å². The summed E-state index contributed by atoms with van der Waals surface area (Å²) in [6.45, 7) is 28.5. The van der Waals surface area contributed by atoms with Crippen molar-refractivity contribution < 1.29 is 8.68 Å². The van der Waals surface area contributed by atoms with Gasteiger partial charge in [0.2, 0.25) is 5.91 Å². The van der Waals surface area contributed by atoms with Crippen molar-refractivity contribution in [3.63, 3.8) is 0 Å². The molecule has 0 atom stereocenters. The fraction of sp³-hybridized carbons (Fsp3) is 0.366. The monoisotopic (exact) mass is 646 g/mol. The molecule has 3 nitrogen and oxygen atoms in total. The molecular formula is C41H59FN2OS. The molecule has 46 heavy (non-hydrogen) atoms. The summed E-state index contributed by atoms with van der Waals surface area (Å²) in [6, 6.07) is 23.4. The van der Waals surface area contributed by atoms with E-state index in [2.05, 4.69) is 127 Å². The molecule has 0 unspecified atom stereocenters. The Balaban J connectivity index is 0. The van der Waals surface area contributed by atoms with Crippen LogP contribution in [0.3, 0.4) is 0 Å². The number of hydrogen-bond acceptors (Lipinski definition) is 3. The molecule has 2 N–H and O–H groups in total. The molecular weight excluding hydrogens is 588 g/mol. The number of hydrogen-bond donors (Lipinski definition) is 2. The Hall–Kier alpha value is -3.70. The molecule has 0 aliphatic rings. The third-order valence-corrected chi connectivity index (χ3v) is 7.22. The lowest BCUT2D eigenvalue weighted by atomic mass is 10.0. The molecule has 0 saturated carbocycles. The number of amides is 1. The highest BCUT2D eigenvalue weighted by Gasteiger charge is 1.99. The molecule has 0 aliphatic carbocycles. The van der Waals surface area contributed by atoms with E-state index >= 15 is 0 Å². The van der Waals surface area contributed by atoms with Crippen LogP contribution in [0.2, 0.25) is 0 Å². The fourth-order valence-corrected chi connectivity index (χ4v) is 4.08. The number of benzene rings is 3. The number of halogens is 1. The molecule has 252 valence electrons. The zero-order valence-corrected chi connectivity index (χ0v) is 31.3. The Morgan fingerprint density at radius 1 is 0.848 bits per heavy atom. The maximum absolute atomic E-state index is 11.6. The number of nitrogens with one attached hydrogen (secondary N) is 2. The summed E-state index contributed by atoms with van der Waals surface area (Å²) in [6.07, 6.45) is 5.41. The van der Waals surface area contributed by atoms with Crippen LogP contribution in [0.4, 0.5) is 3.89 Å². The molecule has 0 fully saturated rings. The second kappa shape index (κ2) is 26.5. The van der Waals surface area contributed by atoms with E-state index < -0.39 is 0 Å². The first-order valence-electron chi connectivity index (χ1n) is 16.0. The SMILES string of the molecule is C=C(C=C(C)C)c1ccccc1C.CC.CC(=O)NCc1ccc(C)cc1C.CC(C)=C(C=N)SF.CCc1ccc(CC)cc1. The van der Waals surface area contributed by atoms with Crippen molar-refractivity contribution in [2.24, 2.45) is 0 Å². The summed E-state index contributed by atoms with van der Waals surface area (Å²) in [7, 11) is 0. The maximum Gasteiger partial charge on any atom is 0.217 e. The lowest BCUT2D eigenvalue weighted by Crippen LogP contribution is -2.19. The van der Waals surface area contributed by atoms with E-state index in [1.165, 1.54) is 51.4 Å². The molecule has 0 radical (unpaired) electrons. The number of rotatable bonds is 8. The first-order valence-corrected chi connectivity index (χ1v) is 16.8. The van der Waals surface area contributed by atoms with Crippen molar-refractivity contribution in [3.05, 3.63) is 134 Å². The molecule has 0 heterocycles. The minimum atomic E-state index is 0.0139. The largest absolute Gasteiger partial charge is 0.352 e. The highest BCUT2D eigenvalue weighted by Crippen LogP contribution is 2.19. The van der Waals surface area contributed by atoms with Crippen LogP contribution in [0.5, 0.6) is 0 Å². The van der Waals surface area contributed by atoms with Gasteiger partial charge in [-0.3, -0.25) is 4.79 Å². The standard InChI is InChI=1S/C13H16.C11H15NO.C10H14.C5H8FNS.C2H6/c1-10(2)9-12(4)13-8-6-5-7-11(13)3;1-8-4-5-11(9(2)6-8)7-12-10(3)13;1-3-9-5-7-10(4-2)8-6-9;1-4(2)5(3-7)8-6;1-2/h5-9H,4H2,1-3H3;4-6H,7H2,1-3H3,(H,12,13);5-8H,3-4H2,1-2H3;3,7H,1-2H3;1-2H3. The number of aryl methyl sites for hydroxylation is 5. The Morgan fingerprint density at radius 2 is 1.37 bits per heavy atom. The van der Waals surface area contributed by atoms with Crippen molar-refractivity contribution in [2.45, 2.75) is 102 Å². The van der Waals surface area contributed by atoms with Gasteiger partial charge >= 0.3 is 0 Å². The third-order valence-electron chi connectivity index (χ3n) is 6.53. The van der Waals surface area contributed by atoms with Gasteiger partial charge in [-0.25, -0.2) is 0 Å². The van der Waals surface area contributed by atoms with E-state index in [1.54, 1.807) is 13.8 Å². The van der Waals surface area contributed by atoms with Crippen molar-refractivity contribution in [3.8, 4) is 0 Å². The van der Waals surface area contributed by atoms with E-state index in [1.807, 2.05) is 19.9 Å². The van der Waals surface area contributed by atoms with E-state index in [0.29, 0.717) is 11.4 Å². The summed E-state index contributed by atoms with van der Waals surface area (Å²) in [5.74, 6) is 0.0139. The minimum absolute atomic E-state index is 0.0139. The highest BCUT2D eigenvalue weighted by molar-refractivity contribution is 7.99. The molecule has 1 amide bonds. The van der Waals surface area contributed by atoms with Gasteiger partial charge in [-0.2, -0.15) is 3.89 Å². The van der Waals surface area contributed by atoms with Gasteiger partial charge in [0, 0.05) is 19.7 Å². The van der Waals surface area contributed by atoms with E-state index in [0.717, 1.165) is 30.2 Å². The molecule has 3 aromatic carbocycles. The van der Waals surface area contributed by atoms with Gasteiger partial charge in [0.1, 0.15) is 0 Å². The van der Waals surface area contributed by atoms with Crippen LogP contribution in [-0.2, 0) is 24.2 Å². The molecule has 0 spiro atoms. The van der Waals surface area contributed by atoms with Gasteiger partial charge in [0.05, 0.1) is 17.1 Å². The molecule has 0 saturated heterocycles. The van der Waals surface area contributed by atoms with E-state index in [9.17, 15) is 8.68 Å². The number of carbonyl (C=O) groups is 1. The lowest BCUT2D eigenvalue weighted by Gasteiger charge is -2.06. The van der Waals surface area contributed by atoms with Crippen LogP contribution in [0.15, 0.2) is 95.4 Å². The zero-order valence-electron chi connectivity index (χ0n) is 30.5. The van der Waals surface area contributed by atoms with E-state index in [-0.39, 0.29) is 18.1 Å². The summed E-state index contributed by atoms with van der Waals surface area (Å²) in [5, 5.41) is 9.43. The lowest BCUT2D eigenvalue weighted by molar-refractivity contribution is -0.119. The Bertz CT molecular complexity index is 1360. The Morgan fingerprint density at radius 3 is 1.72 bits per heavy atom. The Labute approximate surface area is 285 Å². The second-order valence-corrected chi connectivity index (χ2v) is 11.6. The van der Waals surface area contributed by atoms with Crippen LogP contribution >= 0.6 is 12.1 Å². The molecule has 0 bridgehead atoms. The average molecular weight is 647 g/mol. The Kier molecular flexibility index (Phi) is 25.6. The van der Waals surface area contributed by atoms with Crippen LogP contribution in [-0.4, -0.2) is 12.1 Å². The first-order chi connectivity index (χ1) is 21.8. The average Bonchev–Trinajstić information content (AvgIpc) is 3.03. The summed E-state index contributed by atoms with van der Waals surface area (Å²) in [4.78, 5) is 11.1. The normalized spacial score (nSPS) is 9.15. The van der Waals surface area contributed by atoms with Gasteiger partial charge in [0.15, 0.2) is 0 Å². The van der Waals surface area contributed by atoms with Crippen molar-refractivity contribution >= 4 is 29.8 Å². The third kappa shape index (κ3) is 20.4. The summed E-state index contributed by atoms with van der Waals surface area (Å²) >= 11 is 0.115. The minimum Gasteiger partial charge on any atom is -0.352 e. The fourth-order valence-electron chi connectivity index (χ4n) is 3.88. The molecule has 0 aliphatic heterocycles. The smallest absolute Gasteiger partial charge is 0.217 e. The van der Waals surface area contributed by atoms with Gasteiger partial charge in [-0.1, -0.05) is 124 Å². The van der Waals surface area contributed by atoms with Crippen molar-refractivity contribution in [1.29, 1.82) is 5.41 Å². The highest BCUT2D eigenvalue weighted by atomic mass is 32.2. The predicted octanol–water partition coefficient (Wildman–Crippen LogP) is 12.3. The summed E-state index contributed by atoms with van der Waals surface area (Å²) in [5.41, 5.74) is 12.3. The van der Waals surface area contributed by atoms with Crippen molar-refractivity contribution in [1.82, 2.24) is 5.32 Å². The summed E-state index contributed by atoms with van der Waals surface area (Å²) < 4.78 is 11.6.